The van der Waals surface area contributed by atoms with E-state index in [0.29, 0.717) is 12.6 Å². The minimum absolute atomic E-state index is 0.551. The van der Waals surface area contributed by atoms with Crippen molar-refractivity contribution in [2.45, 2.75) is 6.32 Å². The number of hydrogen-bond donors (Lipinski definition) is 0. The van der Waals surface area contributed by atoms with Gasteiger partial charge in [-0.25, -0.2) is 0 Å². The molecule has 15 heavy (non-hydrogen) atoms. The summed E-state index contributed by atoms with van der Waals surface area (Å²) < 4.78 is 0. The number of allylic oxidation sites excluding steroid dienone is 2. The lowest BCUT2D eigenvalue weighted by molar-refractivity contribution is 0.886. The molecule has 1 aromatic carbocycles. The molecule has 1 aliphatic rings. The third kappa shape index (κ3) is 2.26. The first-order chi connectivity index (χ1) is 7.35. The van der Waals surface area contributed by atoms with Gasteiger partial charge in [-0.1, -0.05) is 69.7 Å². The van der Waals surface area contributed by atoms with Gasteiger partial charge in [0, 0.05) is 5.33 Å². The summed E-state index contributed by atoms with van der Waals surface area (Å²) in [5, 5.41) is 0.965. The second kappa shape index (κ2) is 4.85. The van der Waals surface area contributed by atoms with E-state index in [1.807, 2.05) is 0 Å². The summed E-state index contributed by atoms with van der Waals surface area (Å²) in [4.78, 5) is 0. The van der Waals surface area contributed by atoms with Crippen LogP contribution in [0.4, 0.5) is 0 Å². The van der Waals surface area contributed by atoms with Crippen LogP contribution in [-0.4, -0.2) is 12.0 Å². The quantitative estimate of drug-likeness (QED) is 0.445. The van der Waals surface area contributed by atoms with E-state index in [-0.39, 0.29) is 0 Å². The number of halogens is 1. The van der Waals surface area contributed by atoms with Gasteiger partial charge in [0.25, 0.3) is 0 Å². The molecule has 0 radical (unpaired) electrons. The fraction of sp³-hybridized carbons (Fsp3) is 0.231. The molecule has 1 aliphatic heterocycles. The van der Waals surface area contributed by atoms with Gasteiger partial charge in [-0.15, -0.1) is 12.6 Å². The molecule has 0 aromatic heterocycles. The predicted octanol–water partition coefficient (Wildman–Crippen LogP) is 3.06. The van der Waals surface area contributed by atoms with Gasteiger partial charge in [0.05, 0.1) is 0 Å². The average Bonchev–Trinajstić information content (AvgIpc) is 2.73. The molecule has 0 saturated carbocycles. The van der Waals surface area contributed by atoms with E-state index in [1.165, 1.54) is 17.4 Å². The lowest BCUT2D eigenvalue weighted by Gasteiger charge is -2.08. The Morgan fingerprint density at radius 3 is 2.67 bits per heavy atom. The van der Waals surface area contributed by atoms with Gasteiger partial charge in [-0.2, -0.15) is 0 Å². The zero-order valence-electron chi connectivity index (χ0n) is 8.70. The molecule has 1 aromatic rings. The summed E-state index contributed by atoms with van der Waals surface area (Å²) in [5.74, 6) is 2.94. The van der Waals surface area contributed by atoms with Gasteiger partial charge in [-0.3, -0.25) is 0 Å². The summed E-state index contributed by atoms with van der Waals surface area (Å²) in [5.41, 5.74) is 2.89. The van der Waals surface area contributed by atoms with Crippen molar-refractivity contribution in [3.8, 4) is 0 Å². The molecule has 0 fully saturated rings. The number of hydrogen-bond acceptors (Lipinski definition) is 0. The highest BCUT2D eigenvalue weighted by atomic mass is 79.9. The van der Waals surface area contributed by atoms with Crippen molar-refractivity contribution in [3.05, 3.63) is 54.5 Å². The summed E-state index contributed by atoms with van der Waals surface area (Å²) in [6, 6.07) is 10.7. The van der Waals surface area contributed by atoms with Gasteiger partial charge >= 0.3 is 0 Å². The summed E-state index contributed by atoms with van der Waals surface area (Å²) in [6.45, 7) is 4.48. The molecule has 76 valence electrons. The Kier molecular flexibility index (Phi) is 3.47. The number of rotatable bonds is 3. The highest BCUT2D eigenvalue weighted by Crippen LogP contribution is 2.28. The molecule has 0 bridgehead atoms. The first kappa shape index (κ1) is 10.8. The maximum Gasteiger partial charge on any atom is 0.201 e. The molecule has 0 spiro atoms. The molecular formula is C13H14BBr. The second-order valence-electron chi connectivity index (χ2n) is 3.97. The summed E-state index contributed by atoms with van der Waals surface area (Å²) in [7, 11) is 0. The lowest BCUT2D eigenvalue weighted by Crippen LogP contribution is -2.26. The highest BCUT2D eigenvalue weighted by Gasteiger charge is 2.26. The average molecular weight is 261 g/mol. The molecule has 0 N–H and O–H groups in total. The van der Waals surface area contributed by atoms with Crippen LogP contribution >= 0.6 is 15.9 Å². The Labute approximate surface area is 100 Å². The van der Waals surface area contributed by atoms with Crippen molar-refractivity contribution in [2.75, 3.05) is 5.33 Å². The van der Waals surface area contributed by atoms with Crippen LogP contribution in [0.15, 0.2) is 54.5 Å². The topological polar surface area (TPSA) is 0 Å². The Balaban J connectivity index is 2.21. The van der Waals surface area contributed by atoms with Crippen LogP contribution in [0.3, 0.4) is 0 Å². The van der Waals surface area contributed by atoms with Crippen molar-refractivity contribution >= 4 is 28.1 Å². The smallest absolute Gasteiger partial charge is 0.109 e. The molecular weight excluding hydrogens is 247 g/mol. The van der Waals surface area contributed by atoms with Gasteiger partial charge in [-0.05, 0) is 5.92 Å². The largest absolute Gasteiger partial charge is 0.201 e. The standard InChI is InChI=1S/C13H14BBr/c1-2-11-8-14(9-12(11)10-15)13-6-4-3-5-7-13/h2-7,9,11H,1,8,10H2. The van der Waals surface area contributed by atoms with Crippen LogP contribution in [0.25, 0.3) is 0 Å². The molecule has 0 nitrogen and oxygen atoms in total. The number of benzene rings is 1. The van der Waals surface area contributed by atoms with E-state index < -0.39 is 0 Å². The SMILES string of the molecule is C=CC1CB(c2ccccc2)C=C1CBr. The monoisotopic (exact) mass is 260 g/mol. The minimum Gasteiger partial charge on any atom is -0.109 e. The lowest BCUT2D eigenvalue weighted by atomic mass is 9.44. The maximum absolute atomic E-state index is 3.91. The third-order valence-corrected chi connectivity index (χ3v) is 3.71. The Morgan fingerprint density at radius 1 is 1.40 bits per heavy atom. The predicted molar refractivity (Wildman–Crippen MR) is 72.2 cm³/mol. The molecule has 2 rings (SSSR count). The van der Waals surface area contributed by atoms with E-state index >= 15 is 0 Å². The van der Waals surface area contributed by atoms with E-state index in [4.69, 9.17) is 0 Å². The molecule has 1 heterocycles. The second-order valence-corrected chi connectivity index (χ2v) is 4.53. The van der Waals surface area contributed by atoms with Crippen LogP contribution in [-0.2, 0) is 0 Å². The van der Waals surface area contributed by atoms with Crippen LogP contribution < -0.4 is 5.46 Å². The Morgan fingerprint density at radius 2 is 2.13 bits per heavy atom. The number of alkyl halides is 1. The van der Waals surface area contributed by atoms with Crippen LogP contribution in [0.5, 0.6) is 0 Å². The third-order valence-electron chi connectivity index (χ3n) is 3.07. The maximum atomic E-state index is 3.91. The molecule has 0 aliphatic carbocycles. The van der Waals surface area contributed by atoms with Crippen molar-refractivity contribution < 1.29 is 0 Å². The first-order valence-electron chi connectivity index (χ1n) is 5.29. The van der Waals surface area contributed by atoms with Crippen molar-refractivity contribution in [3.63, 3.8) is 0 Å². The van der Waals surface area contributed by atoms with E-state index in [2.05, 4.69) is 64.9 Å². The zero-order valence-corrected chi connectivity index (χ0v) is 10.3. The first-order valence-corrected chi connectivity index (χ1v) is 6.41. The fourth-order valence-corrected chi connectivity index (χ4v) is 2.80. The van der Waals surface area contributed by atoms with Crippen molar-refractivity contribution in [1.82, 2.24) is 0 Å². The van der Waals surface area contributed by atoms with Crippen molar-refractivity contribution in [2.24, 2.45) is 5.92 Å². The fourth-order valence-electron chi connectivity index (χ4n) is 2.20. The molecule has 0 saturated heterocycles. The molecule has 0 amide bonds. The van der Waals surface area contributed by atoms with Gasteiger partial charge in [0.1, 0.15) is 0 Å². The minimum atomic E-state index is 0.551. The van der Waals surface area contributed by atoms with E-state index in [1.54, 1.807) is 0 Å². The summed E-state index contributed by atoms with van der Waals surface area (Å²) >= 11 is 3.54. The van der Waals surface area contributed by atoms with Gasteiger partial charge < -0.3 is 0 Å². The van der Waals surface area contributed by atoms with Crippen LogP contribution in [0, 0.1) is 5.92 Å². The van der Waals surface area contributed by atoms with Crippen LogP contribution in [0.1, 0.15) is 0 Å². The Hall–Kier alpha value is -0.755. The van der Waals surface area contributed by atoms with E-state index in [9.17, 15) is 0 Å². The van der Waals surface area contributed by atoms with E-state index in [0.717, 1.165) is 5.33 Å². The Bertz CT molecular complexity index is 369. The normalized spacial score (nSPS) is 20.2. The highest BCUT2D eigenvalue weighted by molar-refractivity contribution is 9.09. The van der Waals surface area contributed by atoms with Crippen molar-refractivity contribution in [1.29, 1.82) is 0 Å². The van der Waals surface area contributed by atoms with Gasteiger partial charge in [0.15, 0.2) is 0 Å². The summed E-state index contributed by atoms with van der Waals surface area (Å²) in [6.07, 6.45) is 3.24. The van der Waals surface area contributed by atoms with Gasteiger partial charge in [0.2, 0.25) is 6.71 Å². The zero-order chi connectivity index (χ0) is 10.7. The molecule has 2 heteroatoms. The molecule has 1 unspecified atom stereocenters. The molecule has 1 atom stereocenters. The van der Waals surface area contributed by atoms with Crippen LogP contribution in [0.2, 0.25) is 6.32 Å².